The lowest BCUT2D eigenvalue weighted by atomic mass is 9.82. The minimum absolute atomic E-state index is 0.0244. The van der Waals surface area contributed by atoms with Crippen molar-refractivity contribution in [1.82, 2.24) is 5.32 Å². The number of thiophene rings is 1. The maximum atomic E-state index is 13.1. The number of carboxylic acids is 1. The monoisotopic (exact) mass is 414 g/mol. The van der Waals surface area contributed by atoms with Crippen molar-refractivity contribution in [3.63, 3.8) is 0 Å². The van der Waals surface area contributed by atoms with Gasteiger partial charge in [-0.1, -0.05) is 25.0 Å². The molecule has 3 N–H and O–H groups in total. The molecule has 0 radical (unpaired) electrons. The summed E-state index contributed by atoms with van der Waals surface area (Å²) in [7, 11) is 0. The number of hydrogen-bond acceptors (Lipinski definition) is 4. The largest absolute Gasteiger partial charge is 0.481 e. The van der Waals surface area contributed by atoms with Gasteiger partial charge in [-0.15, -0.1) is 11.3 Å². The molecular formula is C22H26N2O4S. The molecule has 2 bridgehead atoms. The number of aryl methyl sites for hydroxylation is 1. The second-order valence-electron chi connectivity index (χ2n) is 8.84. The molecular weight excluding hydrogens is 388 g/mol. The van der Waals surface area contributed by atoms with Crippen LogP contribution in [0.2, 0.25) is 0 Å². The number of hydrogen-bond donors (Lipinski definition) is 3. The first-order valence-corrected chi connectivity index (χ1v) is 11.5. The van der Waals surface area contributed by atoms with Crippen LogP contribution >= 0.6 is 11.3 Å². The van der Waals surface area contributed by atoms with Gasteiger partial charge in [0.1, 0.15) is 5.00 Å². The van der Waals surface area contributed by atoms with E-state index in [1.807, 2.05) is 12.2 Å². The molecule has 0 unspecified atom stereocenters. The summed E-state index contributed by atoms with van der Waals surface area (Å²) in [5, 5.41) is 16.4. The normalized spacial score (nSPS) is 29.9. The molecule has 4 atom stereocenters. The molecule has 5 rings (SSSR count). The fourth-order valence-corrected chi connectivity index (χ4v) is 7.06. The molecule has 154 valence electrons. The first-order chi connectivity index (χ1) is 14.0. The van der Waals surface area contributed by atoms with Crippen LogP contribution in [0.15, 0.2) is 12.2 Å². The van der Waals surface area contributed by atoms with Crippen molar-refractivity contribution in [3.8, 4) is 0 Å². The average molecular weight is 415 g/mol. The summed E-state index contributed by atoms with van der Waals surface area (Å²) in [5.74, 6) is -2.58. The molecule has 7 heteroatoms. The van der Waals surface area contributed by atoms with Crippen molar-refractivity contribution < 1.29 is 19.5 Å². The number of allylic oxidation sites excluding steroid dienone is 2. The number of carbonyl (C=O) groups is 3. The Kier molecular flexibility index (Phi) is 4.73. The number of amides is 2. The van der Waals surface area contributed by atoms with Gasteiger partial charge in [0.05, 0.1) is 17.4 Å². The van der Waals surface area contributed by atoms with E-state index < -0.39 is 17.8 Å². The van der Waals surface area contributed by atoms with E-state index in [0.29, 0.717) is 10.6 Å². The van der Waals surface area contributed by atoms with Gasteiger partial charge in [0.15, 0.2) is 0 Å². The van der Waals surface area contributed by atoms with Crippen LogP contribution < -0.4 is 10.6 Å². The Labute approximate surface area is 173 Å². The van der Waals surface area contributed by atoms with Gasteiger partial charge < -0.3 is 15.7 Å². The third-order valence-electron chi connectivity index (χ3n) is 7.12. The zero-order chi connectivity index (χ0) is 20.1. The molecule has 1 aromatic heterocycles. The number of aliphatic carboxylic acids is 1. The predicted octanol–water partition coefficient (Wildman–Crippen LogP) is 3.37. The third-order valence-corrected chi connectivity index (χ3v) is 8.33. The molecule has 2 amide bonds. The fourth-order valence-electron chi connectivity index (χ4n) is 5.77. The highest BCUT2D eigenvalue weighted by Crippen LogP contribution is 2.49. The fraction of sp³-hybridized carbons (Fsp3) is 0.591. The van der Waals surface area contributed by atoms with E-state index in [0.717, 1.165) is 56.9 Å². The van der Waals surface area contributed by atoms with Gasteiger partial charge in [0.2, 0.25) is 5.91 Å². The molecule has 1 heterocycles. The molecule has 4 aliphatic rings. The molecule has 0 aliphatic heterocycles. The molecule has 2 saturated carbocycles. The van der Waals surface area contributed by atoms with E-state index in [9.17, 15) is 19.5 Å². The number of carbonyl (C=O) groups excluding carboxylic acids is 2. The van der Waals surface area contributed by atoms with Crippen molar-refractivity contribution in [2.75, 3.05) is 5.32 Å². The maximum absolute atomic E-state index is 13.1. The Balaban J connectivity index is 1.40. The van der Waals surface area contributed by atoms with Gasteiger partial charge in [0.25, 0.3) is 5.91 Å². The minimum Gasteiger partial charge on any atom is -0.481 e. The smallest absolute Gasteiger partial charge is 0.307 e. The van der Waals surface area contributed by atoms with Crippen LogP contribution in [-0.2, 0) is 22.4 Å². The first kappa shape index (κ1) is 18.9. The molecule has 6 nitrogen and oxygen atoms in total. The lowest BCUT2D eigenvalue weighted by Gasteiger charge is -2.24. The Morgan fingerprint density at radius 3 is 2.45 bits per heavy atom. The highest BCUT2D eigenvalue weighted by Gasteiger charge is 2.51. The lowest BCUT2D eigenvalue weighted by molar-refractivity contribution is -0.146. The van der Waals surface area contributed by atoms with Gasteiger partial charge in [-0.2, -0.15) is 0 Å². The molecule has 0 spiro atoms. The summed E-state index contributed by atoms with van der Waals surface area (Å²) in [6, 6.07) is 0.218. The van der Waals surface area contributed by atoms with Crippen LogP contribution in [0.3, 0.4) is 0 Å². The van der Waals surface area contributed by atoms with Gasteiger partial charge in [0, 0.05) is 10.9 Å². The standard InChI is InChI=1S/C22H26N2O4S/c25-19(16-11-8-9-12(10-11)17(16)22(27)28)24-21-18(14-6-3-7-15(14)29-21)20(26)23-13-4-1-2-5-13/h8-9,11-13,16-17H,1-7,10H2,(H,23,26)(H,24,25)(H,27,28)/t11-,12+,16+,17+/m1/s1. The van der Waals surface area contributed by atoms with Crippen molar-refractivity contribution in [3.05, 3.63) is 28.2 Å². The number of nitrogens with one attached hydrogen (secondary N) is 2. The van der Waals surface area contributed by atoms with Crippen molar-refractivity contribution in [1.29, 1.82) is 0 Å². The van der Waals surface area contributed by atoms with Crippen LogP contribution in [0.5, 0.6) is 0 Å². The highest BCUT2D eigenvalue weighted by atomic mass is 32.1. The summed E-state index contributed by atoms with van der Waals surface area (Å²) in [4.78, 5) is 39.2. The van der Waals surface area contributed by atoms with Gasteiger partial charge in [-0.25, -0.2) is 0 Å². The van der Waals surface area contributed by atoms with E-state index in [1.165, 1.54) is 16.2 Å². The zero-order valence-corrected chi connectivity index (χ0v) is 17.1. The van der Waals surface area contributed by atoms with E-state index in [-0.39, 0.29) is 29.7 Å². The summed E-state index contributed by atoms with van der Waals surface area (Å²) >= 11 is 1.49. The Bertz CT molecular complexity index is 899. The highest BCUT2D eigenvalue weighted by molar-refractivity contribution is 7.17. The molecule has 29 heavy (non-hydrogen) atoms. The lowest BCUT2D eigenvalue weighted by Crippen LogP contribution is -2.37. The second-order valence-corrected chi connectivity index (χ2v) is 9.95. The summed E-state index contributed by atoms with van der Waals surface area (Å²) in [6.45, 7) is 0. The number of carboxylic acid groups (broad SMARTS) is 1. The topological polar surface area (TPSA) is 95.5 Å². The van der Waals surface area contributed by atoms with E-state index in [2.05, 4.69) is 10.6 Å². The van der Waals surface area contributed by atoms with Crippen LogP contribution in [0, 0.1) is 23.7 Å². The van der Waals surface area contributed by atoms with Crippen LogP contribution in [0.1, 0.15) is 59.3 Å². The SMILES string of the molecule is O=C(NC1CCCC1)c1c(NC(=O)[C@@H]2[C@@H](C(=O)O)[C@H]3C=C[C@@H]2C3)sc2c1CCC2. The number of fused-ring (bicyclic) bond motifs is 3. The quantitative estimate of drug-likeness (QED) is 0.644. The van der Waals surface area contributed by atoms with Gasteiger partial charge in [-0.3, -0.25) is 14.4 Å². The third kappa shape index (κ3) is 3.19. The van der Waals surface area contributed by atoms with Crippen LogP contribution in [0.25, 0.3) is 0 Å². The van der Waals surface area contributed by atoms with Crippen LogP contribution in [0.4, 0.5) is 5.00 Å². The van der Waals surface area contributed by atoms with E-state index in [4.69, 9.17) is 0 Å². The van der Waals surface area contributed by atoms with Gasteiger partial charge in [-0.05, 0) is 55.9 Å². The second kappa shape index (κ2) is 7.27. The summed E-state index contributed by atoms with van der Waals surface area (Å²) in [5.41, 5.74) is 1.69. The molecule has 2 fully saturated rings. The van der Waals surface area contributed by atoms with Gasteiger partial charge >= 0.3 is 5.97 Å². The summed E-state index contributed by atoms with van der Waals surface area (Å²) in [6.07, 6.45) is 11.8. The van der Waals surface area contributed by atoms with Crippen molar-refractivity contribution >= 4 is 34.1 Å². The van der Waals surface area contributed by atoms with Crippen molar-refractivity contribution in [2.45, 2.75) is 57.4 Å². The Morgan fingerprint density at radius 1 is 1.00 bits per heavy atom. The van der Waals surface area contributed by atoms with E-state index >= 15 is 0 Å². The average Bonchev–Trinajstić information content (AvgIpc) is 3.46. The van der Waals surface area contributed by atoms with Crippen molar-refractivity contribution in [2.24, 2.45) is 23.7 Å². The summed E-state index contributed by atoms with van der Waals surface area (Å²) < 4.78 is 0. The molecule has 1 aromatic rings. The minimum atomic E-state index is -0.908. The maximum Gasteiger partial charge on any atom is 0.307 e. The zero-order valence-electron chi connectivity index (χ0n) is 16.3. The predicted molar refractivity (Wildman–Crippen MR) is 110 cm³/mol. The number of rotatable bonds is 5. The van der Waals surface area contributed by atoms with Crippen LogP contribution in [-0.4, -0.2) is 28.9 Å². The Morgan fingerprint density at radius 2 is 1.72 bits per heavy atom. The number of anilines is 1. The molecule has 4 aliphatic carbocycles. The molecule has 0 aromatic carbocycles. The Hall–Kier alpha value is -2.15. The van der Waals surface area contributed by atoms with E-state index in [1.54, 1.807) is 0 Å². The molecule has 0 saturated heterocycles. The first-order valence-electron chi connectivity index (χ1n) is 10.7.